The van der Waals surface area contributed by atoms with Crippen molar-refractivity contribution in [3.05, 3.63) is 70.8 Å². The Labute approximate surface area is 224 Å². The minimum atomic E-state index is -0.721. The van der Waals surface area contributed by atoms with E-state index in [9.17, 15) is 14.4 Å². The number of hydrogen-bond acceptors (Lipinski definition) is 5. The highest BCUT2D eigenvalue weighted by Gasteiger charge is 2.41. The molecule has 8 nitrogen and oxygen atoms in total. The van der Waals surface area contributed by atoms with E-state index in [0.29, 0.717) is 38.5 Å². The number of rotatable bonds is 5. The van der Waals surface area contributed by atoms with Gasteiger partial charge >= 0.3 is 6.09 Å². The second-order valence-electron chi connectivity index (χ2n) is 11.5. The fourth-order valence-electron chi connectivity index (χ4n) is 5.84. The molecular formula is C30H37N3O5. The van der Waals surface area contributed by atoms with Gasteiger partial charge in [0.2, 0.25) is 11.8 Å². The van der Waals surface area contributed by atoms with Gasteiger partial charge in [0.15, 0.2) is 0 Å². The van der Waals surface area contributed by atoms with E-state index in [2.05, 4.69) is 10.6 Å². The zero-order valence-electron chi connectivity index (χ0n) is 22.4. The molecule has 3 amide bonds. The highest BCUT2D eigenvalue weighted by atomic mass is 16.6. The third-order valence-electron chi connectivity index (χ3n) is 7.60. The molecular weight excluding hydrogens is 482 g/mol. The van der Waals surface area contributed by atoms with Crippen molar-refractivity contribution in [2.75, 3.05) is 19.8 Å². The first-order chi connectivity index (χ1) is 18.2. The van der Waals surface area contributed by atoms with Crippen LogP contribution in [0, 0.1) is 5.92 Å². The van der Waals surface area contributed by atoms with Crippen LogP contribution in [-0.4, -0.2) is 54.2 Å². The van der Waals surface area contributed by atoms with Crippen LogP contribution in [0.5, 0.6) is 0 Å². The van der Waals surface area contributed by atoms with Crippen molar-refractivity contribution in [1.82, 2.24) is 15.5 Å². The molecule has 0 saturated carbocycles. The van der Waals surface area contributed by atoms with Gasteiger partial charge in [-0.15, -0.1) is 0 Å². The van der Waals surface area contributed by atoms with Crippen LogP contribution in [-0.2, 0) is 31.9 Å². The maximum absolute atomic E-state index is 14.1. The van der Waals surface area contributed by atoms with E-state index in [-0.39, 0.29) is 17.9 Å². The van der Waals surface area contributed by atoms with Gasteiger partial charge in [-0.25, -0.2) is 4.79 Å². The van der Waals surface area contributed by atoms with Gasteiger partial charge in [0, 0.05) is 19.8 Å². The summed E-state index contributed by atoms with van der Waals surface area (Å²) in [4.78, 5) is 41.9. The molecule has 3 atom stereocenters. The smallest absolute Gasteiger partial charge is 0.408 e. The van der Waals surface area contributed by atoms with Crippen molar-refractivity contribution in [1.29, 1.82) is 0 Å². The zero-order chi connectivity index (χ0) is 26.9. The zero-order valence-corrected chi connectivity index (χ0v) is 22.4. The largest absolute Gasteiger partial charge is 0.444 e. The summed E-state index contributed by atoms with van der Waals surface area (Å²) in [7, 11) is 0. The first-order valence-electron chi connectivity index (χ1n) is 13.5. The molecule has 0 bridgehead atoms. The van der Waals surface area contributed by atoms with Gasteiger partial charge in [-0.05, 0) is 68.2 Å². The Morgan fingerprint density at radius 1 is 0.974 bits per heavy atom. The Kier molecular flexibility index (Phi) is 7.43. The molecule has 8 heteroatoms. The van der Waals surface area contributed by atoms with Crippen molar-refractivity contribution in [3.63, 3.8) is 0 Å². The lowest BCUT2D eigenvalue weighted by Crippen LogP contribution is -2.53. The second-order valence-corrected chi connectivity index (χ2v) is 11.5. The van der Waals surface area contributed by atoms with Crippen molar-refractivity contribution >= 4 is 17.9 Å². The molecule has 202 valence electrons. The van der Waals surface area contributed by atoms with Crippen LogP contribution < -0.4 is 10.6 Å². The first-order valence-corrected chi connectivity index (χ1v) is 13.5. The van der Waals surface area contributed by atoms with Crippen LogP contribution in [0.15, 0.2) is 48.5 Å². The van der Waals surface area contributed by atoms with Gasteiger partial charge in [0.25, 0.3) is 0 Å². The monoisotopic (exact) mass is 519 g/mol. The number of carbonyl (C=O) groups is 3. The van der Waals surface area contributed by atoms with E-state index in [0.717, 1.165) is 35.1 Å². The van der Waals surface area contributed by atoms with E-state index in [1.165, 1.54) is 0 Å². The van der Waals surface area contributed by atoms with Gasteiger partial charge in [0.05, 0.1) is 18.5 Å². The molecule has 3 aliphatic rings. The molecule has 5 rings (SSSR count). The number of benzene rings is 2. The van der Waals surface area contributed by atoms with Crippen LogP contribution in [0.25, 0.3) is 0 Å². The molecule has 0 aromatic heterocycles. The molecule has 1 fully saturated rings. The normalized spacial score (nSPS) is 23.4. The Balaban J connectivity index is 1.40. The first kappa shape index (κ1) is 26.2. The van der Waals surface area contributed by atoms with Crippen LogP contribution in [0.4, 0.5) is 4.79 Å². The molecule has 1 aliphatic carbocycles. The van der Waals surface area contributed by atoms with Crippen LogP contribution in [0.3, 0.4) is 0 Å². The number of nitrogens with zero attached hydrogens (tertiary/aromatic N) is 1. The van der Waals surface area contributed by atoms with Gasteiger partial charge in [0.1, 0.15) is 11.6 Å². The Bertz CT molecular complexity index is 1200. The van der Waals surface area contributed by atoms with E-state index >= 15 is 0 Å². The van der Waals surface area contributed by atoms with Crippen LogP contribution in [0.1, 0.15) is 68.0 Å². The third-order valence-corrected chi connectivity index (χ3v) is 7.60. The van der Waals surface area contributed by atoms with Crippen molar-refractivity contribution in [2.45, 2.75) is 70.2 Å². The lowest BCUT2D eigenvalue weighted by Gasteiger charge is -2.39. The average Bonchev–Trinajstić information content (AvgIpc) is 3.20. The van der Waals surface area contributed by atoms with E-state index in [1.807, 2.05) is 69.3 Å². The van der Waals surface area contributed by atoms with E-state index < -0.39 is 23.8 Å². The topological polar surface area (TPSA) is 97.0 Å². The summed E-state index contributed by atoms with van der Waals surface area (Å²) in [6, 6.07) is 14.0. The standard InChI is InChI=1S/C30H37N3O5/c1-30(2,3)38-29(36)32-26-22-10-6-4-8-20(22)16-24(26)31-28(35)27-23-11-7-5-9-21(23)17-25(34)33(27)18-19-12-14-37-15-13-19/h4-11,19,24,26-27H,12-18H2,1-3H3,(H,31,35)(H,32,36)/t24-,26-,27?/m0/s1. The fourth-order valence-corrected chi connectivity index (χ4v) is 5.84. The predicted octanol–water partition coefficient (Wildman–Crippen LogP) is 3.85. The molecule has 2 N–H and O–H groups in total. The van der Waals surface area contributed by atoms with Crippen molar-refractivity contribution in [2.24, 2.45) is 5.92 Å². The maximum atomic E-state index is 14.1. The summed E-state index contributed by atoms with van der Waals surface area (Å²) in [6.07, 6.45) is 2.09. The Morgan fingerprint density at radius 2 is 1.63 bits per heavy atom. The minimum Gasteiger partial charge on any atom is -0.444 e. The lowest BCUT2D eigenvalue weighted by molar-refractivity contribution is -0.143. The molecule has 0 spiro atoms. The highest BCUT2D eigenvalue weighted by molar-refractivity contribution is 5.92. The predicted molar refractivity (Wildman–Crippen MR) is 142 cm³/mol. The second kappa shape index (κ2) is 10.8. The minimum absolute atomic E-state index is 0.0338. The van der Waals surface area contributed by atoms with Crippen molar-refractivity contribution < 1.29 is 23.9 Å². The summed E-state index contributed by atoms with van der Waals surface area (Å²) in [5.74, 6) is 0.0328. The number of carbonyl (C=O) groups excluding carboxylic acids is 3. The highest BCUT2D eigenvalue weighted by Crippen LogP contribution is 2.35. The maximum Gasteiger partial charge on any atom is 0.408 e. The number of fused-ring (bicyclic) bond motifs is 2. The number of nitrogens with one attached hydrogen (secondary N) is 2. The third kappa shape index (κ3) is 5.70. The quantitative estimate of drug-likeness (QED) is 0.626. The van der Waals surface area contributed by atoms with Gasteiger partial charge < -0.3 is 25.0 Å². The van der Waals surface area contributed by atoms with E-state index in [4.69, 9.17) is 9.47 Å². The molecule has 38 heavy (non-hydrogen) atoms. The summed E-state index contributed by atoms with van der Waals surface area (Å²) in [6.45, 7) is 7.34. The molecule has 2 aromatic rings. The molecule has 1 unspecified atom stereocenters. The van der Waals surface area contributed by atoms with Gasteiger partial charge in [-0.1, -0.05) is 48.5 Å². The molecule has 0 radical (unpaired) electrons. The van der Waals surface area contributed by atoms with Crippen molar-refractivity contribution in [3.8, 4) is 0 Å². The Hall–Kier alpha value is -3.39. The number of hydrogen-bond donors (Lipinski definition) is 2. The SMILES string of the molecule is CC(C)(C)OC(=O)N[C@H]1c2ccccc2C[C@@H]1NC(=O)C1c2ccccc2CC(=O)N1CC1CCOCC1. The summed E-state index contributed by atoms with van der Waals surface area (Å²) in [5, 5.41) is 6.20. The molecule has 1 saturated heterocycles. The van der Waals surface area contributed by atoms with Gasteiger partial charge in [-0.3, -0.25) is 9.59 Å². The van der Waals surface area contributed by atoms with Crippen LogP contribution in [0.2, 0.25) is 0 Å². The van der Waals surface area contributed by atoms with Crippen LogP contribution >= 0.6 is 0 Å². The van der Waals surface area contributed by atoms with E-state index in [1.54, 1.807) is 4.90 Å². The number of amides is 3. The molecule has 2 aromatic carbocycles. The summed E-state index contributed by atoms with van der Waals surface area (Å²) >= 11 is 0. The molecule has 2 heterocycles. The summed E-state index contributed by atoms with van der Waals surface area (Å²) < 4.78 is 11.0. The Morgan fingerprint density at radius 3 is 2.34 bits per heavy atom. The fraction of sp³-hybridized carbons (Fsp3) is 0.500. The summed E-state index contributed by atoms with van der Waals surface area (Å²) in [5.41, 5.74) is 3.14. The van der Waals surface area contributed by atoms with Gasteiger partial charge in [-0.2, -0.15) is 0 Å². The molecule has 2 aliphatic heterocycles. The average molecular weight is 520 g/mol. The number of alkyl carbamates (subject to hydrolysis) is 1. The lowest BCUT2D eigenvalue weighted by atomic mass is 9.89. The number of ether oxygens (including phenoxy) is 2.